The van der Waals surface area contributed by atoms with E-state index in [1.165, 1.54) is 12.7 Å². The molecule has 1 aliphatic rings. The lowest BCUT2D eigenvalue weighted by Gasteiger charge is -1.94. The number of hydrogen-bond acceptors (Lipinski definition) is 4. The number of aliphatic imine (C=N–C) groups is 1. The van der Waals surface area contributed by atoms with Gasteiger partial charge in [0, 0.05) is 0 Å². The Morgan fingerprint density at radius 1 is 1.30 bits per heavy atom. The molecule has 0 saturated heterocycles. The van der Waals surface area contributed by atoms with Crippen LogP contribution in [0.15, 0.2) is 16.3 Å². The minimum Gasteiger partial charge on any atom is -0.230 e. The van der Waals surface area contributed by atoms with Crippen LogP contribution in [0.4, 0.5) is 11.5 Å². The lowest BCUT2D eigenvalue weighted by atomic mass is 10.5. The third kappa shape index (κ3) is 0.672. The molecule has 0 saturated carbocycles. The number of thiol groups is 1. The zero-order valence-corrected chi connectivity index (χ0v) is 5.79. The highest BCUT2D eigenvalue weighted by Gasteiger charge is 2.11. The summed E-state index contributed by atoms with van der Waals surface area (Å²) in [4.78, 5) is 11.6. The first-order chi connectivity index (χ1) is 4.88. The van der Waals surface area contributed by atoms with Crippen LogP contribution in [0.3, 0.4) is 0 Å². The highest BCUT2D eigenvalue weighted by Crippen LogP contribution is 2.30. The maximum atomic E-state index is 4.06. The predicted octanol–water partition coefficient (Wildman–Crippen LogP) is 0.675. The Balaban J connectivity index is 2.67. The van der Waals surface area contributed by atoms with E-state index in [9.17, 15) is 0 Å². The van der Waals surface area contributed by atoms with Gasteiger partial charge >= 0.3 is 0 Å². The van der Waals surface area contributed by atoms with Crippen molar-refractivity contribution in [3.05, 3.63) is 6.33 Å². The monoisotopic (exact) mass is 151 g/mol. The largest absolute Gasteiger partial charge is 0.230 e. The van der Waals surface area contributed by atoms with Crippen molar-refractivity contribution in [2.45, 2.75) is 5.03 Å². The fraction of sp³-hybridized carbons (Fsp3) is 0. The van der Waals surface area contributed by atoms with E-state index in [0.29, 0.717) is 16.5 Å². The maximum absolute atomic E-state index is 4.06. The van der Waals surface area contributed by atoms with Crippen molar-refractivity contribution >= 4 is 30.5 Å². The summed E-state index contributed by atoms with van der Waals surface area (Å²) in [6.45, 7) is 0. The number of fused-ring (bicyclic) bond motifs is 1. The first kappa shape index (κ1) is 5.67. The molecule has 0 atom stereocenters. The Hall–Kier alpha value is -1.10. The van der Waals surface area contributed by atoms with Gasteiger partial charge in [0.1, 0.15) is 23.4 Å². The standard InChI is InChI=1S/C5H3N4S/c10-5-3-4(7-1-6-3)8-2-9-5/h1-2H,(H,8,9,10). The Morgan fingerprint density at radius 2 is 2.20 bits per heavy atom. The molecule has 0 aliphatic carbocycles. The smallest absolute Gasteiger partial charge is 0.183 e. The van der Waals surface area contributed by atoms with E-state index in [1.807, 2.05) is 0 Å². The first-order valence-electron chi connectivity index (χ1n) is 2.65. The molecule has 1 aromatic rings. The van der Waals surface area contributed by atoms with E-state index in [2.05, 4.69) is 32.9 Å². The van der Waals surface area contributed by atoms with E-state index in [-0.39, 0.29) is 0 Å². The van der Waals surface area contributed by atoms with Gasteiger partial charge in [-0.15, -0.1) is 12.6 Å². The molecular formula is C5H3N4S. The fourth-order valence-electron chi connectivity index (χ4n) is 0.712. The molecule has 10 heavy (non-hydrogen) atoms. The van der Waals surface area contributed by atoms with Crippen molar-refractivity contribution in [1.29, 1.82) is 0 Å². The molecule has 2 heterocycles. The highest BCUT2D eigenvalue weighted by atomic mass is 32.1. The average molecular weight is 151 g/mol. The van der Waals surface area contributed by atoms with E-state index in [0.717, 1.165) is 0 Å². The SMILES string of the molecule is Sc1ncnc2c1N=C[N]2. The van der Waals surface area contributed by atoms with Gasteiger partial charge in [0.15, 0.2) is 5.82 Å². The van der Waals surface area contributed by atoms with Crippen LogP contribution in [0.25, 0.3) is 0 Å². The zero-order valence-electron chi connectivity index (χ0n) is 4.89. The summed E-state index contributed by atoms with van der Waals surface area (Å²) >= 11 is 4.06. The summed E-state index contributed by atoms with van der Waals surface area (Å²) in [7, 11) is 0. The topological polar surface area (TPSA) is 52.2 Å². The minimum absolute atomic E-state index is 0.572. The van der Waals surface area contributed by atoms with Crippen LogP contribution in [0.2, 0.25) is 0 Å². The second kappa shape index (κ2) is 1.95. The van der Waals surface area contributed by atoms with E-state index in [4.69, 9.17) is 0 Å². The van der Waals surface area contributed by atoms with Gasteiger partial charge < -0.3 is 0 Å². The van der Waals surface area contributed by atoms with E-state index >= 15 is 0 Å². The zero-order chi connectivity index (χ0) is 6.97. The molecule has 1 aliphatic heterocycles. The summed E-state index contributed by atoms with van der Waals surface area (Å²) in [6, 6.07) is 0. The third-order valence-electron chi connectivity index (χ3n) is 1.15. The average Bonchev–Trinajstić information content (AvgIpc) is 2.36. The molecule has 1 aromatic heterocycles. The minimum atomic E-state index is 0.572. The Bertz CT molecular complexity index is 296. The Morgan fingerprint density at radius 3 is 3.00 bits per heavy atom. The molecule has 1 radical (unpaired) electrons. The van der Waals surface area contributed by atoms with Gasteiger partial charge in [-0.05, 0) is 0 Å². The van der Waals surface area contributed by atoms with Gasteiger partial charge in [0.05, 0.1) is 0 Å². The number of nitrogens with zero attached hydrogens (tertiary/aromatic N) is 4. The van der Waals surface area contributed by atoms with Gasteiger partial charge in [-0.1, -0.05) is 0 Å². The lowest BCUT2D eigenvalue weighted by molar-refractivity contribution is 1.03. The van der Waals surface area contributed by atoms with Crippen LogP contribution >= 0.6 is 12.6 Å². The Labute approximate surface area is 62.8 Å². The van der Waals surface area contributed by atoms with Crippen molar-refractivity contribution in [3.63, 3.8) is 0 Å². The second-order valence-corrected chi connectivity index (χ2v) is 2.17. The molecule has 4 nitrogen and oxygen atoms in total. The van der Waals surface area contributed by atoms with Crippen LogP contribution in [0, 0.1) is 0 Å². The van der Waals surface area contributed by atoms with E-state index in [1.54, 1.807) is 0 Å². The summed E-state index contributed by atoms with van der Waals surface area (Å²) in [5.41, 5.74) is 0.658. The maximum Gasteiger partial charge on any atom is 0.183 e. The fourth-order valence-corrected chi connectivity index (χ4v) is 0.921. The molecule has 2 rings (SSSR count). The summed E-state index contributed by atoms with van der Waals surface area (Å²) in [5, 5.41) is 4.44. The molecule has 0 unspecified atom stereocenters. The van der Waals surface area contributed by atoms with Crippen LogP contribution in [0.5, 0.6) is 0 Å². The summed E-state index contributed by atoms with van der Waals surface area (Å²) in [6.07, 6.45) is 2.86. The molecule has 0 N–H and O–H groups in total. The van der Waals surface area contributed by atoms with Crippen LogP contribution in [-0.2, 0) is 0 Å². The van der Waals surface area contributed by atoms with Crippen molar-refractivity contribution < 1.29 is 0 Å². The molecular weight excluding hydrogens is 148 g/mol. The summed E-state index contributed by atoms with van der Waals surface area (Å²) < 4.78 is 0. The molecule has 5 heteroatoms. The summed E-state index contributed by atoms with van der Waals surface area (Å²) in [5.74, 6) is 0.597. The van der Waals surface area contributed by atoms with Crippen molar-refractivity contribution in [2.75, 3.05) is 0 Å². The van der Waals surface area contributed by atoms with Crippen LogP contribution in [-0.4, -0.2) is 16.3 Å². The van der Waals surface area contributed by atoms with Crippen LogP contribution in [0.1, 0.15) is 0 Å². The molecule has 49 valence electrons. The first-order valence-corrected chi connectivity index (χ1v) is 3.10. The van der Waals surface area contributed by atoms with Crippen molar-refractivity contribution in [3.8, 4) is 0 Å². The van der Waals surface area contributed by atoms with Crippen LogP contribution < -0.4 is 5.32 Å². The Kier molecular flexibility index (Phi) is 1.10. The van der Waals surface area contributed by atoms with Gasteiger partial charge in [0.2, 0.25) is 0 Å². The van der Waals surface area contributed by atoms with Gasteiger partial charge in [0.25, 0.3) is 0 Å². The molecule has 0 bridgehead atoms. The van der Waals surface area contributed by atoms with Gasteiger partial charge in [-0.25, -0.2) is 20.3 Å². The second-order valence-electron chi connectivity index (χ2n) is 1.74. The van der Waals surface area contributed by atoms with Gasteiger partial charge in [-0.2, -0.15) is 0 Å². The molecule has 0 fully saturated rings. The van der Waals surface area contributed by atoms with E-state index < -0.39 is 0 Å². The molecule has 0 amide bonds. The van der Waals surface area contributed by atoms with Crippen molar-refractivity contribution in [1.82, 2.24) is 15.3 Å². The van der Waals surface area contributed by atoms with Gasteiger partial charge in [-0.3, -0.25) is 0 Å². The number of hydrogen-bond donors (Lipinski definition) is 1. The predicted molar refractivity (Wildman–Crippen MR) is 39.2 cm³/mol. The normalized spacial score (nSPS) is 12.9. The molecule has 0 spiro atoms. The quantitative estimate of drug-likeness (QED) is 0.437. The molecule has 0 aromatic carbocycles. The number of aromatic nitrogens is 2. The van der Waals surface area contributed by atoms with Crippen molar-refractivity contribution in [2.24, 2.45) is 4.99 Å². The third-order valence-corrected chi connectivity index (χ3v) is 1.48. The highest BCUT2D eigenvalue weighted by molar-refractivity contribution is 7.80. The lowest BCUT2D eigenvalue weighted by Crippen LogP contribution is -1.89. The number of rotatable bonds is 0.